The Morgan fingerprint density at radius 1 is 1.35 bits per heavy atom. The Hall–Kier alpha value is -1.09. The molecule has 96 valence electrons. The van der Waals surface area contributed by atoms with Gasteiger partial charge in [0.2, 0.25) is 5.88 Å². The molecule has 3 nitrogen and oxygen atoms in total. The monoisotopic (exact) mass is 236 g/mol. The third kappa shape index (κ3) is 5.18. The first-order chi connectivity index (χ1) is 8.13. The number of aromatic nitrogens is 1. The van der Waals surface area contributed by atoms with Gasteiger partial charge in [-0.3, -0.25) is 0 Å². The lowest BCUT2D eigenvalue weighted by Crippen LogP contribution is -2.19. The van der Waals surface area contributed by atoms with Crippen LogP contribution in [0.1, 0.15) is 38.4 Å². The average Bonchev–Trinajstić information content (AvgIpc) is 2.28. The van der Waals surface area contributed by atoms with Gasteiger partial charge in [0, 0.05) is 18.3 Å². The first-order valence-electron chi connectivity index (χ1n) is 6.43. The van der Waals surface area contributed by atoms with Crippen LogP contribution in [0.15, 0.2) is 12.1 Å². The minimum Gasteiger partial charge on any atom is -0.478 e. The lowest BCUT2D eigenvalue weighted by molar-refractivity contribution is 0.304. The maximum absolute atomic E-state index is 5.50. The maximum Gasteiger partial charge on any atom is 0.213 e. The van der Waals surface area contributed by atoms with E-state index in [1.165, 1.54) is 5.56 Å². The summed E-state index contributed by atoms with van der Waals surface area (Å²) in [6.07, 6.45) is 1.01. The zero-order valence-electron chi connectivity index (χ0n) is 11.4. The van der Waals surface area contributed by atoms with E-state index in [0.717, 1.165) is 37.7 Å². The zero-order valence-corrected chi connectivity index (χ0v) is 11.4. The summed E-state index contributed by atoms with van der Waals surface area (Å²) < 4.78 is 5.50. The molecule has 0 aliphatic rings. The number of rotatable bonds is 7. The summed E-state index contributed by atoms with van der Waals surface area (Å²) in [4.78, 5) is 4.45. The molecule has 0 aliphatic carbocycles. The van der Waals surface area contributed by atoms with Gasteiger partial charge in [-0.15, -0.1) is 0 Å². The molecule has 0 unspecified atom stereocenters. The van der Waals surface area contributed by atoms with Crippen molar-refractivity contribution in [2.45, 2.75) is 40.7 Å². The molecule has 1 heterocycles. The second-order valence-corrected chi connectivity index (χ2v) is 4.77. The van der Waals surface area contributed by atoms with E-state index < -0.39 is 0 Å². The first-order valence-corrected chi connectivity index (χ1v) is 6.43. The van der Waals surface area contributed by atoms with Crippen LogP contribution in [-0.4, -0.2) is 18.1 Å². The van der Waals surface area contributed by atoms with Gasteiger partial charge in [-0.05, 0) is 31.4 Å². The molecule has 0 atom stereocenters. The Kier molecular flexibility index (Phi) is 5.98. The summed E-state index contributed by atoms with van der Waals surface area (Å²) in [5.74, 6) is 1.41. The smallest absolute Gasteiger partial charge is 0.213 e. The van der Waals surface area contributed by atoms with Crippen molar-refractivity contribution in [2.75, 3.05) is 13.2 Å². The molecule has 0 radical (unpaired) electrons. The summed E-state index contributed by atoms with van der Waals surface area (Å²) in [5.41, 5.74) is 2.30. The molecule has 0 saturated heterocycles. The van der Waals surface area contributed by atoms with Gasteiger partial charge in [0.15, 0.2) is 0 Å². The van der Waals surface area contributed by atoms with Crippen LogP contribution in [0.3, 0.4) is 0 Å². The lowest BCUT2D eigenvalue weighted by Gasteiger charge is -2.10. The van der Waals surface area contributed by atoms with E-state index in [2.05, 4.69) is 37.1 Å². The number of hydrogen-bond donors (Lipinski definition) is 1. The lowest BCUT2D eigenvalue weighted by atomic mass is 10.2. The van der Waals surface area contributed by atoms with Gasteiger partial charge < -0.3 is 10.1 Å². The predicted octanol–water partition coefficient (Wildman–Crippen LogP) is 2.92. The molecule has 0 aliphatic heterocycles. The number of hydrogen-bond acceptors (Lipinski definition) is 3. The predicted molar refractivity (Wildman–Crippen MR) is 71.3 cm³/mol. The summed E-state index contributed by atoms with van der Waals surface area (Å²) in [6, 6.07) is 4.05. The largest absolute Gasteiger partial charge is 0.478 e. The van der Waals surface area contributed by atoms with Crippen molar-refractivity contribution in [1.82, 2.24) is 10.3 Å². The van der Waals surface area contributed by atoms with Crippen molar-refractivity contribution in [3.8, 4) is 5.88 Å². The van der Waals surface area contributed by atoms with Crippen LogP contribution < -0.4 is 10.1 Å². The summed E-state index contributed by atoms with van der Waals surface area (Å²) in [5, 5.41) is 3.42. The normalized spacial score (nSPS) is 10.9. The van der Waals surface area contributed by atoms with E-state index in [9.17, 15) is 0 Å². The highest BCUT2D eigenvalue weighted by Crippen LogP contribution is 2.12. The Labute approximate surface area is 105 Å². The van der Waals surface area contributed by atoms with Crippen molar-refractivity contribution >= 4 is 0 Å². The number of pyridine rings is 1. The number of ether oxygens (including phenoxy) is 1. The van der Waals surface area contributed by atoms with Crippen LogP contribution in [0.5, 0.6) is 5.88 Å². The van der Waals surface area contributed by atoms with E-state index >= 15 is 0 Å². The molecule has 17 heavy (non-hydrogen) atoms. The SMILES string of the molecule is CCCOc1ccc(CNCC(C)C)c(C)n1. The van der Waals surface area contributed by atoms with Gasteiger partial charge in [-0.1, -0.05) is 26.8 Å². The topological polar surface area (TPSA) is 34.1 Å². The molecule has 0 fully saturated rings. The van der Waals surface area contributed by atoms with Gasteiger partial charge >= 0.3 is 0 Å². The fourth-order valence-electron chi connectivity index (χ4n) is 1.54. The van der Waals surface area contributed by atoms with E-state index in [4.69, 9.17) is 4.74 Å². The minimum absolute atomic E-state index is 0.676. The van der Waals surface area contributed by atoms with Crippen molar-refractivity contribution in [3.05, 3.63) is 23.4 Å². The van der Waals surface area contributed by atoms with Gasteiger partial charge in [-0.25, -0.2) is 4.98 Å². The first kappa shape index (κ1) is 14.0. The highest BCUT2D eigenvalue weighted by Gasteiger charge is 2.02. The molecular weight excluding hydrogens is 212 g/mol. The highest BCUT2D eigenvalue weighted by molar-refractivity contribution is 5.24. The Bertz CT molecular complexity index is 337. The summed E-state index contributed by atoms with van der Waals surface area (Å²) in [6.45, 7) is 11.2. The van der Waals surface area contributed by atoms with Gasteiger partial charge in [0.05, 0.1) is 6.61 Å². The second-order valence-electron chi connectivity index (χ2n) is 4.77. The van der Waals surface area contributed by atoms with Crippen LogP contribution in [0.2, 0.25) is 0 Å². The maximum atomic E-state index is 5.50. The molecule has 1 aromatic rings. The fourth-order valence-corrected chi connectivity index (χ4v) is 1.54. The second kappa shape index (κ2) is 7.28. The molecule has 0 saturated carbocycles. The number of nitrogens with zero attached hydrogens (tertiary/aromatic N) is 1. The van der Waals surface area contributed by atoms with Crippen LogP contribution in [0, 0.1) is 12.8 Å². The van der Waals surface area contributed by atoms with Crippen molar-refractivity contribution < 1.29 is 4.74 Å². The zero-order chi connectivity index (χ0) is 12.7. The van der Waals surface area contributed by atoms with Crippen LogP contribution in [-0.2, 0) is 6.54 Å². The molecule has 1 aromatic heterocycles. The van der Waals surface area contributed by atoms with Crippen molar-refractivity contribution in [3.63, 3.8) is 0 Å². The van der Waals surface area contributed by atoms with E-state index in [0.29, 0.717) is 5.92 Å². The van der Waals surface area contributed by atoms with Crippen LogP contribution >= 0.6 is 0 Å². The Morgan fingerprint density at radius 3 is 2.71 bits per heavy atom. The summed E-state index contributed by atoms with van der Waals surface area (Å²) in [7, 11) is 0. The molecule has 0 bridgehead atoms. The average molecular weight is 236 g/mol. The fraction of sp³-hybridized carbons (Fsp3) is 0.643. The minimum atomic E-state index is 0.676. The van der Waals surface area contributed by atoms with Crippen molar-refractivity contribution in [1.29, 1.82) is 0 Å². The molecular formula is C14H24N2O. The summed E-state index contributed by atoms with van der Waals surface area (Å²) >= 11 is 0. The number of aryl methyl sites for hydroxylation is 1. The highest BCUT2D eigenvalue weighted by atomic mass is 16.5. The van der Waals surface area contributed by atoms with Crippen LogP contribution in [0.4, 0.5) is 0 Å². The van der Waals surface area contributed by atoms with Gasteiger partial charge in [0.25, 0.3) is 0 Å². The Morgan fingerprint density at radius 2 is 2.12 bits per heavy atom. The van der Waals surface area contributed by atoms with Crippen LogP contribution in [0.25, 0.3) is 0 Å². The van der Waals surface area contributed by atoms with E-state index in [1.807, 2.05) is 13.0 Å². The third-order valence-electron chi connectivity index (χ3n) is 2.49. The van der Waals surface area contributed by atoms with Gasteiger partial charge in [0.1, 0.15) is 0 Å². The van der Waals surface area contributed by atoms with E-state index in [-0.39, 0.29) is 0 Å². The molecule has 3 heteroatoms. The third-order valence-corrected chi connectivity index (χ3v) is 2.49. The Balaban J connectivity index is 2.50. The van der Waals surface area contributed by atoms with E-state index in [1.54, 1.807) is 0 Å². The van der Waals surface area contributed by atoms with Crippen molar-refractivity contribution in [2.24, 2.45) is 5.92 Å². The number of nitrogens with one attached hydrogen (secondary N) is 1. The van der Waals surface area contributed by atoms with Gasteiger partial charge in [-0.2, -0.15) is 0 Å². The molecule has 0 amide bonds. The molecule has 0 aromatic carbocycles. The molecule has 1 N–H and O–H groups in total. The molecule has 1 rings (SSSR count). The quantitative estimate of drug-likeness (QED) is 0.790. The molecule has 0 spiro atoms. The standard InChI is InChI=1S/C14H24N2O/c1-5-8-17-14-7-6-13(12(4)16-14)10-15-9-11(2)3/h6-7,11,15H,5,8-10H2,1-4H3.